The highest BCUT2D eigenvalue weighted by atomic mass is 19.2. The zero-order chi connectivity index (χ0) is 19.5. The normalized spacial score (nSPS) is 10.8. The van der Waals surface area contributed by atoms with E-state index in [4.69, 9.17) is 9.26 Å². The average molecular weight is 379 g/mol. The van der Waals surface area contributed by atoms with Gasteiger partial charge in [-0.2, -0.15) is 0 Å². The molecule has 28 heavy (non-hydrogen) atoms. The van der Waals surface area contributed by atoms with Crippen LogP contribution in [0.1, 0.15) is 5.56 Å². The maximum atomic E-state index is 14.1. The van der Waals surface area contributed by atoms with E-state index in [0.717, 1.165) is 6.07 Å². The third kappa shape index (κ3) is 3.37. The Kier molecular flexibility index (Phi) is 4.87. The zero-order valence-corrected chi connectivity index (χ0v) is 14.6. The minimum Gasteiger partial charge on any atom is -0.457 e. The molecule has 0 saturated carbocycles. The SMILES string of the molecule is OCc1c(-c2ccc(Oc3ccccc3)cc2)noc1-c1cccc(F)c1F. The average Bonchev–Trinajstić information content (AvgIpc) is 3.15. The molecule has 0 saturated heterocycles. The number of aliphatic hydroxyl groups excluding tert-OH is 1. The maximum Gasteiger partial charge on any atom is 0.176 e. The van der Waals surface area contributed by atoms with Gasteiger partial charge in [0.05, 0.1) is 17.7 Å². The van der Waals surface area contributed by atoms with Crippen molar-refractivity contribution in [3.63, 3.8) is 0 Å². The van der Waals surface area contributed by atoms with Crippen molar-refractivity contribution in [2.45, 2.75) is 6.61 Å². The quantitative estimate of drug-likeness (QED) is 0.492. The van der Waals surface area contributed by atoms with Crippen LogP contribution >= 0.6 is 0 Å². The standard InChI is InChI=1S/C22H15F2NO3/c23-19-8-4-7-17(20(19)24)22-18(13-26)21(25-28-22)14-9-11-16(12-10-14)27-15-5-2-1-3-6-15/h1-12,26H,13H2. The summed E-state index contributed by atoms with van der Waals surface area (Å²) in [7, 11) is 0. The molecule has 1 aromatic heterocycles. The van der Waals surface area contributed by atoms with Crippen LogP contribution < -0.4 is 4.74 Å². The smallest absolute Gasteiger partial charge is 0.176 e. The summed E-state index contributed by atoms with van der Waals surface area (Å²) in [6.45, 7) is -0.438. The largest absolute Gasteiger partial charge is 0.457 e. The monoisotopic (exact) mass is 379 g/mol. The van der Waals surface area contributed by atoms with Gasteiger partial charge in [0.2, 0.25) is 0 Å². The summed E-state index contributed by atoms with van der Waals surface area (Å²) in [6.07, 6.45) is 0. The molecule has 140 valence electrons. The molecule has 0 atom stereocenters. The lowest BCUT2D eigenvalue weighted by Crippen LogP contribution is -1.93. The van der Waals surface area contributed by atoms with E-state index < -0.39 is 18.2 Å². The van der Waals surface area contributed by atoms with Gasteiger partial charge >= 0.3 is 0 Å². The van der Waals surface area contributed by atoms with E-state index in [1.54, 1.807) is 24.3 Å². The van der Waals surface area contributed by atoms with E-state index in [1.165, 1.54) is 12.1 Å². The Balaban J connectivity index is 1.66. The molecule has 0 fully saturated rings. The van der Waals surface area contributed by atoms with Crippen molar-refractivity contribution in [3.8, 4) is 34.1 Å². The second-order valence-corrected chi connectivity index (χ2v) is 6.04. The Morgan fingerprint density at radius 2 is 1.57 bits per heavy atom. The molecule has 6 heteroatoms. The number of rotatable bonds is 5. The molecule has 1 N–H and O–H groups in total. The first-order chi connectivity index (χ1) is 13.7. The number of aliphatic hydroxyl groups is 1. The lowest BCUT2D eigenvalue weighted by atomic mass is 10.0. The molecule has 0 aliphatic carbocycles. The lowest BCUT2D eigenvalue weighted by Gasteiger charge is -2.06. The van der Waals surface area contributed by atoms with Gasteiger partial charge in [0.1, 0.15) is 17.2 Å². The summed E-state index contributed by atoms with van der Waals surface area (Å²) >= 11 is 0. The van der Waals surface area contributed by atoms with E-state index >= 15 is 0 Å². The highest BCUT2D eigenvalue weighted by Gasteiger charge is 2.22. The molecule has 1 heterocycles. The van der Waals surface area contributed by atoms with Crippen LogP contribution in [-0.4, -0.2) is 10.3 Å². The zero-order valence-electron chi connectivity index (χ0n) is 14.6. The third-order valence-corrected chi connectivity index (χ3v) is 4.25. The number of benzene rings is 3. The number of nitrogens with zero attached hydrogens (tertiary/aromatic N) is 1. The molecule has 4 aromatic rings. The summed E-state index contributed by atoms with van der Waals surface area (Å²) in [5.74, 6) is -0.718. The molecule has 0 unspecified atom stereocenters. The van der Waals surface area contributed by atoms with Crippen LogP contribution in [0.4, 0.5) is 8.78 Å². The minimum atomic E-state index is -1.05. The van der Waals surface area contributed by atoms with Gasteiger partial charge < -0.3 is 14.4 Å². The van der Waals surface area contributed by atoms with Crippen LogP contribution in [0.5, 0.6) is 11.5 Å². The van der Waals surface area contributed by atoms with Crippen LogP contribution in [0, 0.1) is 11.6 Å². The van der Waals surface area contributed by atoms with Crippen LogP contribution in [-0.2, 0) is 6.61 Å². The van der Waals surface area contributed by atoms with Gasteiger partial charge in [0, 0.05) is 5.56 Å². The molecular weight excluding hydrogens is 364 g/mol. The van der Waals surface area contributed by atoms with Crippen molar-refractivity contribution >= 4 is 0 Å². The molecule has 0 aliphatic rings. The Morgan fingerprint density at radius 1 is 0.857 bits per heavy atom. The summed E-state index contributed by atoms with van der Waals surface area (Å²) in [4.78, 5) is 0. The molecular formula is C22H15F2NO3. The second-order valence-electron chi connectivity index (χ2n) is 6.04. The minimum absolute atomic E-state index is 0.000822. The molecule has 0 aliphatic heterocycles. The summed E-state index contributed by atoms with van der Waals surface area (Å²) < 4.78 is 38.6. The molecule has 0 amide bonds. The van der Waals surface area contributed by atoms with Gasteiger partial charge in [-0.1, -0.05) is 29.4 Å². The highest BCUT2D eigenvalue weighted by molar-refractivity contribution is 5.73. The summed E-state index contributed by atoms with van der Waals surface area (Å²) in [6, 6.07) is 20.1. The Bertz CT molecular complexity index is 1090. The number of halogens is 2. The Labute approximate surface area is 159 Å². The van der Waals surface area contributed by atoms with E-state index in [9.17, 15) is 13.9 Å². The van der Waals surface area contributed by atoms with E-state index in [1.807, 2.05) is 30.3 Å². The van der Waals surface area contributed by atoms with Gasteiger partial charge in [-0.3, -0.25) is 0 Å². The van der Waals surface area contributed by atoms with Gasteiger partial charge in [-0.05, 0) is 48.5 Å². The Morgan fingerprint density at radius 3 is 2.29 bits per heavy atom. The molecule has 0 spiro atoms. The topological polar surface area (TPSA) is 55.5 Å². The highest BCUT2D eigenvalue weighted by Crippen LogP contribution is 2.35. The van der Waals surface area contributed by atoms with Crippen molar-refractivity contribution in [1.82, 2.24) is 5.16 Å². The first-order valence-corrected chi connectivity index (χ1v) is 8.54. The van der Waals surface area contributed by atoms with Crippen LogP contribution in [0.15, 0.2) is 77.3 Å². The fourth-order valence-electron chi connectivity index (χ4n) is 2.88. The summed E-state index contributed by atoms with van der Waals surface area (Å²) in [5, 5.41) is 13.7. The fraction of sp³-hybridized carbons (Fsp3) is 0.0455. The number of aromatic nitrogens is 1. The van der Waals surface area contributed by atoms with Crippen LogP contribution in [0.25, 0.3) is 22.6 Å². The van der Waals surface area contributed by atoms with Crippen LogP contribution in [0.2, 0.25) is 0 Å². The summed E-state index contributed by atoms with van der Waals surface area (Å²) in [5.41, 5.74) is 1.19. The molecule has 4 rings (SSSR count). The molecule has 4 nitrogen and oxygen atoms in total. The van der Waals surface area contributed by atoms with E-state index in [-0.39, 0.29) is 16.9 Å². The van der Waals surface area contributed by atoms with Gasteiger partial charge in [0.25, 0.3) is 0 Å². The molecule has 3 aromatic carbocycles. The van der Waals surface area contributed by atoms with E-state index in [2.05, 4.69) is 5.16 Å². The number of hydrogen-bond acceptors (Lipinski definition) is 4. The van der Waals surface area contributed by atoms with Crippen molar-refractivity contribution in [2.75, 3.05) is 0 Å². The first kappa shape index (κ1) is 17.9. The van der Waals surface area contributed by atoms with Gasteiger partial charge in [-0.15, -0.1) is 0 Å². The first-order valence-electron chi connectivity index (χ1n) is 8.54. The number of hydrogen-bond donors (Lipinski definition) is 1. The van der Waals surface area contributed by atoms with Crippen molar-refractivity contribution in [1.29, 1.82) is 0 Å². The van der Waals surface area contributed by atoms with Crippen molar-refractivity contribution < 1.29 is 23.1 Å². The third-order valence-electron chi connectivity index (χ3n) is 4.25. The molecule has 0 radical (unpaired) electrons. The lowest BCUT2D eigenvalue weighted by molar-refractivity contribution is 0.281. The van der Waals surface area contributed by atoms with Gasteiger partial charge in [0.15, 0.2) is 17.4 Å². The predicted octanol–water partition coefficient (Wildman–Crippen LogP) is 5.57. The van der Waals surface area contributed by atoms with Gasteiger partial charge in [-0.25, -0.2) is 8.78 Å². The number of ether oxygens (including phenoxy) is 1. The van der Waals surface area contributed by atoms with E-state index in [0.29, 0.717) is 22.8 Å². The van der Waals surface area contributed by atoms with Crippen LogP contribution in [0.3, 0.4) is 0 Å². The molecule has 0 bridgehead atoms. The van der Waals surface area contributed by atoms with Crippen molar-refractivity contribution in [3.05, 3.63) is 90.0 Å². The second kappa shape index (κ2) is 7.62. The number of para-hydroxylation sites is 1. The Hall–Kier alpha value is -3.51. The van der Waals surface area contributed by atoms with Crippen molar-refractivity contribution in [2.24, 2.45) is 0 Å². The maximum absolute atomic E-state index is 14.1. The fourth-order valence-corrected chi connectivity index (χ4v) is 2.88. The predicted molar refractivity (Wildman–Crippen MR) is 99.7 cm³/mol.